The van der Waals surface area contributed by atoms with Crippen LogP contribution < -0.4 is 14.2 Å². The summed E-state index contributed by atoms with van der Waals surface area (Å²) in [6.45, 7) is 87.3. The first-order valence-electron chi connectivity index (χ1n) is 47.2. The van der Waals surface area contributed by atoms with Crippen LogP contribution in [0.4, 0.5) is 0 Å². The summed E-state index contributed by atoms with van der Waals surface area (Å²) in [4.78, 5) is 50.6. The summed E-state index contributed by atoms with van der Waals surface area (Å²) in [5.41, 5.74) is 35.9. The van der Waals surface area contributed by atoms with E-state index in [-0.39, 0.29) is 0 Å². The molecule has 0 saturated heterocycles. The minimum absolute atomic E-state index is 0.465. The Morgan fingerprint density at radius 1 is 0.198 bits per heavy atom. The van der Waals surface area contributed by atoms with Crippen molar-refractivity contribution in [1.29, 1.82) is 0 Å². The third kappa shape index (κ3) is 45.7. The molecule has 12 heterocycles. The highest BCUT2D eigenvalue weighted by molar-refractivity contribution is 5.36. The zero-order valence-electron chi connectivity index (χ0n) is 89.7. The van der Waals surface area contributed by atoms with E-state index in [0.717, 1.165) is 68.8 Å². The Morgan fingerprint density at radius 2 is 0.565 bits per heavy atom. The Bertz CT molecular complexity index is 5000. The second-order valence-electron chi connectivity index (χ2n) is 37.9. The van der Waals surface area contributed by atoms with Gasteiger partial charge in [-0.05, 0) is 350 Å². The van der Waals surface area contributed by atoms with Crippen LogP contribution in [0.1, 0.15) is 400 Å². The fourth-order valence-corrected chi connectivity index (χ4v) is 13.4. The van der Waals surface area contributed by atoms with Gasteiger partial charge in [-0.3, -0.25) is 44.9 Å². The normalized spacial score (nSPS) is 10.5. The number of hydrogen-bond acceptors (Lipinski definition) is 15. The van der Waals surface area contributed by atoms with Crippen molar-refractivity contribution in [3.63, 3.8) is 0 Å². The molecule has 0 saturated carbocycles. The van der Waals surface area contributed by atoms with Gasteiger partial charge in [0.1, 0.15) is 0 Å². The third-order valence-electron chi connectivity index (χ3n) is 21.8. The van der Waals surface area contributed by atoms with Crippen LogP contribution in [0.2, 0.25) is 0 Å². The maximum atomic E-state index is 5.15. The zero-order valence-corrected chi connectivity index (χ0v) is 89.7. The lowest BCUT2D eigenvalue weighted by atomic mass is 10.0. The quantitative estimate of drug-likeness (QED) is 0.0944. The molecule has 15 heteroatoms. The molecule has 12 rings (SSSR count). The molecule has 0 fully saturated rings. The number of hydrogen-bond donors (Lipinski definition) is 0. The van der Waals surface area contributed by atoms with Crippen molar-refractivity contribution >= 4 is 0 Å². The highest BCUT2D eigenvalue weighted by atomic mass is 16.5. The first-order valence-corrected chi connectivity index (χ1v) is 47.2. The zero-order chi connectivity index (χ0) is 99.8. The van der Waals surface area contributed by atoms with Crippen LogP contribution in [0.25, 0.3) is 0 Å². The Labute approximate surface area is 797 Å². The molecule has 0 bridgehead atoms. The molecule has 0 radical (unpaired) electrons. The summed E-state index contributed by atoms with van der Waals surface area (Å²) in [5, 5.41) is 0. The lowest BCUT2D eigenvalue weighted by molar-refractivity contribution is 0.390. The number of nitrogens with zero attached hydrogens (tertiary/aromatic N) is 12. The van der Waals surface area contributed by atoms with Gasteiger partial charge in [0.05, 0.1) is 21.3 Å². The van der Waals surface area contributed by atoms with E-state index >= 15 is 0 Å². The van der Waals surface area contributed by atoms with Crippen LogP contribution in [0, 0.1) is 118 Å². The molecule has 0 aliphatic carbocycles. The molecule has 15 nitrogen and oxygen atoms in total. The van der Waals surface area contributed by atoms with Crippen molar-refractivity contribution < 1.29 is 14.2 Å². The van der Waals surface area contributed by atoms with E-state index < -0.39 is 0 Å². The second kappa shape index (κ2) is 61.8. The molecular weight excluding hydrogens is 1610 g/mol. The average molecular weight is 1780 g/mol. The summed E-state index contributed by atoms with van der Waals surface area (Å²) in [6.07, 6.45) is 22.6. The molecular formula is C116H172N12O3. The van der Waals surface area contributed by atoms with E-state index in [9.17, 15) is 0 Å². The van der Waals surface area contributed by atoms with Gasteiger partial charge in [0.15, 0.2) is 0 Å². The molecule has 131 heavy (non-hydrogen) atoms. The smallest absolute Gasteiger partial charge is 0.216 e. The van der Waals surface area contributed by atoms with Crippen LogP contribution >= 0.6 is 0 Å². The van der Waals surface area contributed by atoms with Gasteiger partial charge in [-0.25, -0.2) is 15.0 Å². The van der Waals surface area contributed by atoms with Crippen LogP contribution in [-0.4, -0.2) is 81.1 Å². The molecule has 0 aliphatic rings. The van der Waals surface area contributed by atoms with Gasteiger partial charge in [0.25, 0.3) is 0 Å². The number of aryl methyl sites for hydroxylation is 17. The summed E-state index contributed by atoms with van der Waals surface area (Å²) in [7, 11) is 4.96. The van der Waals surface area contributed by atoms with Gasteiger partial charge in [-0.15, -0.1) is 0 Å². The lowest BCUT2D eigenvalue weighted by Gasteiger charge is -2.10. The predicted molar refractivity (Wildman–Crippen MR) is 560 cm³/mol. The molecule has 0 aliphatic heterocycles. The van der Waals surface area contributed by atoms with Crippen LogP contribution in [-0.2, 0) is 0 Å². The molecule has 0 unspecified atom stereocenters. The van der Waals surface area contributed by atoms with Crippen LogP contribution in [0.5, 0.6) is 17.6 Å². The van der Waals surface area contributed by atoms with E-state index in [0.29, 0.717) is 71.0 Å². The van der Waals surface area contributed by atoms with Crippen molar-refractivity contribution in [3.05, 3.63) is 334 Å². The first-order chi connectivity index (χ1) is 61.3. The number of methoxy groups -OCH3 is 3. The van der Waals surface area contributed by atoms with Crippen molar-refractivity contribution in [3.8, 4) is 17.6 Å². The average Bonchev–Trinajstić information content (AvgIpc) is 0.828. The first kappa shape index (κ1) is 118. The molecule has 0 spiro atoms. The number of ether oxygens (including phenoxy) is 3. The van der Waals surface area contributed by atoms with E-state index in [1.165, 1.54) is 111 Å². The monoisotopic (exact) mass is 1780 g/mol. The topological polar surface area (TPSA) is 182 Å². The summed E-state index contributed by atoms with van der Waals surface area (Å²) < 4.78 is 15.4. The van der Waals surface area contributed by atoms with Crippen LogP contribution in [0.3, 0.4) is 0 Å². The molecule has 0 N–H and O–H groups in total. The minimum atomic E-state index is 0.465. The highest BCUT2D eigenvalue weighted by Gasteiger charge is 2.13. The molecule has 12 aromatic heterocycles. The largest absolute Gasteiger partial charge is 0.481 e. The Balaban J connectivity index is 0.000000715. The fourth-order valence-electron chi connectivity index (χ4n) is 13.4. The van der Waals surface area contributed by atoms with E-state index in [4.69, 9.17) is 14.2 Å². The van der Waals surface area contributed by atoms with E-state index in [1.807, 2.05) is 143 Å². The van der Waals surface area contributed by atoms with Crippen molar-refractivity contribution in [2.24, 2.45) is 0 Å². The van der Waals surface area contributed by atoms with Crippen molar-refractivity contribution in [1.82, 2.24) is 59.8 Å². The fraction of sp³-hybridized carbons (Fsp3) is 0.483. The Hall–Kier alpha value is -10.8. The molecule has 714 valence electrons. The molecule has 12 aromatic rings. The van der Waals surface area contributed by atoms with Crippen LogP contribution in [0.15, 0.2) is 171 Å². The molecule has 0 aromatic carbocycles. The Kier molecular flexibility index (Phi) is 55.7. The minimum Gasteiger partial charge on any atom is -0.481 e. The van der Waals surface area contributed by atoms with Gasteiger partial charge in [0, 0.05) is 142 Å². The van der Waals surface area contributed by atoms with Gasteiger partial charge < -0.3 is 14.2 Å². The SMILES string of the molecule is COc1ncc(C(C)C)cc1C.COc1ncc(C)cc1C(C)C.COc1ncc(C)cc1C(C)C.Cc1cc(C(C)C)cc(C)n1.Cc1cc(C(C)C)ccn1.Cc1cc(C(C)C)cnc1C.Cc1cc(C(C)C)cnc1C.Cc1ccc(C(C)C)c(C)n1.Cc1ccncc1C(C)C.Cc1cnc(C)c(C(C)C)c1.Cc1cnccc1C(C)C.Cc1ncccc1C(C)C. The standard InChI is InChI=1S/3C10H15NO.5C10H15N.4C9H13N/c1-7(2)9-5-8(3)10(12-4)11-6-9;2*1-7(2)9-5-8(3)6-11-10(9)12-4;2*1-7(2)10-5-8(3)9(4)11-6-10;1-7(2)10-5-8(3)11-9(4)6-10;1-7(2)10-5-8(3)6-11-9(10)4;1-7(2)10-6-5-8(3)11-9(10)4;1-7(2)9-4-5-10-6-8(9)3;1-7(2)9-4-5-10-8(3)6-9;1-7(2)9-6-10-5-4-8(9)3;1-7(2)9-5-4-6-10-8(9)3/h3*5-7H,1-4H3;5*5-7H,1-4H3;4*4-7H,1-3H3. The van der Waals surface area contributed by atoms with Crippen molar-refractivity contribution in [2.45, 2.75) is 355 Å². The summed E-state index contributed by atoms with van der Waals surface area (Å²) in [6, 6.07) is 34.0. The third-order valence-corrected chi connectivity index (χ3v) is 21.8. The van der Waals surface area contributed by atoms with Gasteiger partial charge in [0.2, 0.25) is 17.6 Å². The number of aromatic nitrogens is 12. The maximum Gasteiger partial charge on any atom is 0.216 e. The summed E-state index contributed by atoms with van der Waals surface area (Å²) in [5.74, 6) is 9.03. The maximum absolute atomic E-state index is 5.15. The molecule has 0 atom stereocenters. The highest BCUT2D eigenvalue weighted by Crippen LogP contribution is 2.29. The van der Waals surface area contributed by atoms with Gasteiger partial charge in [-0.1, -0.05) is 197 Å². The number of pyridine rings is 12. The van der Waals surface area contributed by atoms with E-state index in [2.05, 4.69) is 372 Å². The van der Waals surface area contributed by atoms with E-state index in [1.54, 1.807) is 21.3 Å². The summed E-state index contributed by atoms with van der Waals surface area (Å²) >= 11 is 0. The van der Waals surface area contributed by atoms with Gasteiger partial charge >= 0.3 is 0 Å². The second-order valence-corrected chi connectivity index (χ2v) is 37.9. The van der Waals surface area contributed by atoms with Crippen molar-refractivity contribution in [2.75, 3.05) is 21.3 Å². The number of rotatable bonds is 15. The van der Waals surface area contributed by atoms with Gasteiger partial charge in [-0.2, -0.15) is 0 Å². The molecule has 0 amide bonds. The Morgan fingerprint density at radius 3 is 0.901 bits per heavy atom. The predicted octanol–water partition coefficient (Wildman–Crippen LogP) is 31.7. The lowest BCUT2D eigenvalue weighted by Crippen LogP contribution is -1.97.